The first-order valence-electron chi connectivity index (χ1n) is 10.5. The van der Waals surface area contributed by atoms with Gasteiger partial charge in [-0.2, -0.15) is 0 Å². The highest BCUT2D eigenvalue weighted by Gasteiger charge is 2.18. The summed E-state index contributed by atoms with van der Waals surface area (Å²) in [7, 11) is 0. The van der Waals surface area contributed by atoms with E-state index in [1.165, 1.54) is 0 Å². The number of ether oxygens (including phenoxy) is 1. The quantitative estimate of drug-likeness (QED) is 0.272. The van der Waals surface area contributed by atoms with Crippen molar-refractivity contribution in [1.29, 1.82) is 0 Å². The highest BCUT2D eigenvalue weighted by atomic mass is 16.5. The molecule has 0 amide bonds. The van der Waals surface area contributed by atoms with Crippen molar-refractivity contribution in [3.63, 3.8) is 0 Å². The van der Waals surface area contributed by atoms with E-state index in [0.29, 0.717) is 25.0 Å². The number of benzene rings is 1. The molecule has 0 saturated carbocycles. The van der Waals surface area contributed by atoms with Crippen LogP contribution < -0.4 is 0 Å². The van der Waals surface area contributed by atoms with Gasteiger partial charge < -0.3 is 14.6 Å². The van der Waals surface area contributed by atoms with Gasteiger partial charge >= 0.3 is 5.97 Å². The van der Waals surface area contributed by atoms with Gasteiger partial charge in [0, 0.05) is 19.3 Å². The summed E-state index contributed by atoms with van der Waals surface area (Å²) < 4.78 is 5.67. The minimum Gasteiger partial charge on any atom is -0.508 e. The molecule has 1 N–H and O–H groups in total. The van der Waals surface area contributed by atoms with Crippen molar-refractivity contribution in [2.24, 2.45) is 0 Å². The number of aromatic hydroxyl groups is 1. The van der Waals surface area contributed by atoms with E-state index in [1.807, 2.05) is 38.1 Å². The zero-order valence-electron chi connectivity index (χ0n) is 17.6. The minimum atomic E-state index is -0.183. The van der Waals surface area contributed by atoms with Crippen LogP contribution in [0.3, 0.4) is 0 Å². The van der Waals surface area contributed by atoms with Crippen molar-refractivity contribution in [3.05, 3.63) is 58.9 Å². The second-order valence-corrected chi connectivity index (χ2v) is 7.73. The Balaban J connectivity index is 1.86. The van der Waals surface area contributed by atoms with E-state index in [0.717, 1.165) is 67.1 Å². The van der Waals surface area contributed by atoms with Gasteiger partial charge in [0.15, 0.2) is 0 Å². The summed E-state index contributed by atoms with van der Waals surface area (Å²) in [6.07, 6.45) is 12.7. The predicted molar refractivity (Wildman–Crippen MR) is 116 cm³/mol. The maximum Gasteiger partial charge on any atom is 0.311 e. The van der Waals surface area contributed by atoms with E-state index in [1.54, 1.807) is 12.1 Å². The fourth-order valence-corrected chi connectivity index (χ4v) is 3.38. The third-order valence-electron chi connectivity index (χ3n) is 5.12. The van der Waals surface area contributed by atoms with Crippen molar-refractivity contribution in [2.75, 3.05) is 0 Å². The monoisotopic (exact) mass is 396 g/mol. The zero-order valence-corrected chi connectivity index (χ0v) is 17.6. The first-order chi connectivity index (χ1) is 14.0. The van der Waals surface area contributed by atoms with E-state index in [9.17, 15) is 14.7 Å². The average Bonchev–Trinajstić information content (AvgIpc) is 2.71. The fourth-order valence-electron chi connectivity index (χ4n) is 3.38. The molecule has 0 unspecified atom stereocenters. The molecule has 29 heavy (non-hydrogen) atoms. The molecule has 0 bridgehead atoms. The van der Waals surface area contributed by atoms with Gasteiger partial charge in [0.1, 0.15) is 17.8 Å². The van der Waals surface area contributed by atoms with Crippen LogP contribution in [0.4, 0.5) is 0 Å². The Bertz CT molecular complexity index is 778. The number of allylic oxidation sites excluding steroid dienone is 5. The molecule has 2 rings (SSSR count). The normalized spacial score (nSPS) is 13.5. The lowest BCUT2D eigenvalue weighted by atomic mass is 9.90. The van der Waals surface area contributed by atoms with Gasteiger partial charge in [-0.3, -0.25) is 4.79 Å². The number of rotatable bonds is 11. The van der Waals surface area contributed by atoms with E-state index in [2.05, 4.69) is 0 Å². The number of phenols is 1. The van der Waals surface area contributed by atoms with E-state index >= 15 is 0 Å². The number of phenolic OH excluding ortho intramolecular Hbond substituents is 1. The highest BCUT2D eigenvalue weighted by molar-refractivity contribution is 5.76. The second kappa shape index (κ2) is 12.1. The van der Waals surface area contributed by atoms with Crippen molar-refractivity contribution < 1.29 is 19.4 Å². The summed E-state index contributed by atoms with van der Waals surface area (Å²) in [4.78, 5) is 22.5. The van der Waals surface area contributed by atoms with Crippen LogP contribution in [-0.2, 0) is 14.3 Å². The van der Waals surface area contributed by atoms with Crippen LogP contribution >= 0.6 is 0 Å². The maximum atomic E-state index is 12.3. The topological polar surface area (TPSA) is 63.6 Å². The summed E-state index contributed by atoms with van der Waals surface area (Å²) in [6, 6.07) is 7.15. The number of aldehydes is 1. The molecule has 156 valence electrons. The number of unbranched alkanes of at least 4 members (excludes halogenated alkanes) is 6. The molecule has 0 heterocycles. The molecule has 1 aliphatic rings. The van der Waals surface area contributed by atoms with Crippen molar-refractivity contribution in [1.82, 2.24) is 0 Å². The third kappa shape index (κ3) is 7.72. The Kier molecular flexibility index (Phi) is 9.42. The van der Waals surface area contributed by atoms with Crippen LogP contribution in [0, 0.1) is 0 Å². The zero-order chi connectivity index (χ0) is 21.1. The fraction of sp³-hybridized carbons (Fsp3) is 0.440. The standard InChI is InChI=1S/C25H32O4/c1-19(2)23-18-21(20-11-14-22(27)15-12-20)13-16-24(23)29-25(28)10-8-6-4-3-5-7-9-17-26/h11-17,27H,3-10,18H2,1-2H3. The Morgan fingerprint density at radius 1 is 1.00 bits per heavy atom. The number of hydrogen-bond acceptors (Lipinski definition) is 4. The van der Waals surface area contributed by atoms with Gasteiger partial charge in [0.2, 0.25) is 0 Å². The summed E-state index contributed by atoms with van der Waals surface area (Å²) in [5.41, 5.74) is 4.36. The van der Waals surface area contributed by atoms with Crippen LogP contribution in [0.1, 0.15) is 77.2 Å². The lowest BCUT2D eigenvalue weighted by molar-refractivity contribution is -0.139. The van der Waals surface area contributed by atoms with Crippen LogP contribution in [0.25, 0.3) is 5.57 Å². The van der Waals surface area contributed by atoms with Crippen molar-refractivity contribution >= 4 is 17.8 Å². The van der Waals surface area contributed by atoms with Crippen LogP contribution in [0.5, 0.6) is 5.75 Å². The first kappa shape index (κ1) is 22.7. The molecular formula is C25H32O4. The SMILES string of the molecule is CC(C)=C1CC(c2ccc(O)cc2)=CC=C1OC(=O)CCCCCCCCC=O. The summed E-state index contributed by atoms with van der Waals surface area (Å²) >= 11 is 0. The van der Waals surface area contributed by atoms with Gasteiger partial charge in [0.05, 0.1) is 0 Å². The van der Waals surface area contributed by atoms with Gasteiger partial charge in [-0.15, -0.1) is 0 Å². The molecule has 4 nitrogen and oxygen atoms in total. The first-order valence-corrected chi connectivity index (χ1v) is 10.5. The molecule has 1 aromatic carbocycles. The third-order valence-corrected chi connectivity index (χ3v) is 5.12. The molecular weight excluding hydrogens is 364 g/mol. The van der Waals surface area contributed by atoms with Crippen LogP contribution in [0.15, 0.2) is 53.3 Å². The molecule has 0 saturated heterocycles. The van der Waals surface area contributed by atoms with E-state index in [-0.39, 0.29) is 11.7 Å². The van der Waals surface area contributed by atoms with Gasteiger partial charge in [-0.1, -0.05) is 49.5 Å². The molecule has 0 aliphatic heterocycles. The Labute approximate surface area is 174 Å². The van der Waals surface area contributed by atoms with Crippen molar-refractivity contribution in [2.45, 2.75) is 71.6 Å². The minimum absolute atomic E-state index is 0.183. The molecule has 0 fully saturated rings. The molecule has 4 heteroatoms. The molecule has 0 spiro atoms. The molecule has 0 radical (unpaired) electrons. The number of carbonyl (C=O) groups is 2. The number of hydrogen-bond donors (Lipinski definition) is 1. The van der Waals surface area contributed by atoms with Gasteiger partial charge in [-0.25, -0.2) is 0 Å². The average molecular weight is 397 g/mol. The molecule has 1 aliphatic carbocycles. The summed E-state index contributed by atoms with van der Waals surface area (Å²) in [6.45, 7) is 4.06. The smallest absolute Gasteiger partial charge is 0.311 e. The molecule has 0 aromatic heterocycles. The van der Waals surface area contributed by atoms with Gasteiger partial charge in [-0.05, 0) is 61.6 Å². The lowest BCUT2D eigenvalue weighted by Gasteiger charge is -2.20. The Morgan fingerprint density at radius 2 is 1.66 bits per heavy atom. The van der Waals surface area contributed by atoms with Gasteiger partial charge in [0.25, 0.3) is 0 Å². The predicted octanol–water partition coefficient (Wildman–Crippen LogP) is 6.26. The number of carbonyl (C=O) groups excluding carboxylic acids is 2. The summed E-state index contributed by atoms with van der Waals surface area (Å²) in [5, 5.41) is 9.48. The highest BCUT2D eigenvalue weighted by Crippen LogP contribution is 2.34. The van der Waals surface area contributed by atoms with Crippen LogP contribution in [0.2, 0.25) is 0 Å². The second-order valence-electron chi connectivity index (χ2n) is 7.73. The van der Waals surface area contributed by atoms with Crippen LogP contribution in [-0.4, -0.2) is 17.4 Å². The molecule has 0 atom stereocenters. The maximum absolute atomic E-state index is 12.3. The van der Waals surface area contributed by atoms with Crippen molar-refractivity contribution in [3.8, 4) is 5.75 Å². The Morgan fingerprint density at radius 3 is 2.31 bits per heavy atom. The summed E-state index contributed by atoms with van der Waals surface area (Å²) in [5.74, 6) is 0.711. The van der Waals surface area contributed by atoms with E-state index in [4.69, 9.17) is 4.74 Å². The lowest BCUT2D eigenvalue weighted by Crippen LogP contribution is -2.09. The largest absolute Gasteiger partial charge is 0.508 e. The number of esters is 1. The van der Waals surface area contributed by atoms with E-state index < -0.39 is 0 Å². The Hall–Kier alpha value is -2.62. The molecule has 1 aromatic rings.